The van der Waals surface area contributed by atoms with Crippen molar-refractivity contribution in [1.82, 2.24) is 4.98 Å². The molecule has 2 rings (SSSR count). The maximum absolute atomic E-state index is 5.89. The van der Waals surface area contributed by atoms with Crippen LogP contribution in [0.5, 0.6) is 0 Å². The maximum atomic E-state index is 5.89. The summed E-state index contributed by atoms with van der Waals surface area (Å²) in [5.74, 6) is 0. The molecule has 1 aromatic carbocycles. The zero-order valence-electron chi connectivity index (χ0n) is 12.9. The minimum absolute atomic E-state index is 0.566. The standard InChI is InChI=1S/C15H22N4OS/c1-5-11(16)14(21)9-19(4)15-17-12-8-10(18(2)3)6-7-13(12)20-15/h6-8,21H,5,9,16H2,1-4H3/b14-11-. The Hall–Kier alpha value is -1.82. The van der Waals surface area contributed by atoms with Crippen molar-refractivity contribution in [2.75, 3.05) is 37.5 Å². The van der Waals surface area contributed by atoms with Gasteiger partial charge >= 0.3 is 0 Å². The van der Waals surface area contributed by atoms with E-state index in [0.29, 0.717) is 12.6 Å². The molecule has 21 heavy (non-hydrogen) atoms. The van der Waals surface area contributed by atoms with Crippen LogP contribution in [0.2, 0.25) is 0 Å². The number of oxazole rings is 1. The molecule has 2 aromatic rings. The number of fused-ring (bicyclic) bond motifs is 1. The van der Waals surface area contributed by atoms with Crippen molar-refractivity contribution in [3.05, 3.63) is 28.8 Å². The average Bonchev–Trinajstić information content (AvgIpc) is 2.89. The number of hydrogen-bond donors (Lipinski definition) is 2. The van der Waals surface area contributed by atoms with Crippen LogP contribution in [0.25, 0.3) is 11.1 Å². The highest BCUT2D eigenvalue weighted by Crippen LogP contribution is 2.25. The molecule has 2 N–H and O–H groups in total. The van der Waals surface area contributed by atoms with Gasteiger partial charge in [0.2, 0.25) is 0 Å². The molecule has 5 nitrogen and oxygen atoms in total. The summed E-state index contributed by atoms with van der Waals surface area (Å²) in [6.07, 6.45) is 0.784. The summed E-state index contributed by atoms with van der Waals surface area (Å²) < 4.78 is 5.78. The van der Waals surface area contributed by atoms with Crippen LogP contribution in [0, 0.1) is 0 Å². The van der Waals surface area contributed by atoms with Crippen molar-refractivity contribution < 1.29 is 4.42 Å². The minimum Gasteiger partial charge on any atom is -0.423 e. The molecule has 0 amide bonds. The first kappa shape index (κ1) is 15.6. The number of hydrogen-bond acceptors (Lipinski definition) is 6. The zero-order valence-corrected chi connectivity index (χ0v) is 13.8. The first-order chi connectivity index (χ1) is 9.92. The Morgan fingerprint density at radius 2 is 2.05 bits per heavy atom. The minimum atomic E-state index is 0.566. The third-order valence-electron chi connectivity index (χ3n) is 3.34. The normalized spacial score (nSPS) is 12.4. The number of thiol groups is 1. The zero-order chi connectivity index (χ0) is 15.6. The Morgan fingerprint density at radius 3 is 2.67 bits per heavy atom. The first-order valence-corrected chi connectivity index (χ1v) is 7.32. The Labute approximate surface area is 130 Å². The number of aromatic nitrogens is 1. The molecule has 0 fully saturated rings. The van der Waals surface area contributed by atoms with Crippen molar-refractivity contribution in [3.8, 4) is 0 Å². The van der Waals surface area contributed by atoms with Gasteiger partial charge in [0.1, 0.15) is 5.52 Å². The highest BCUT2D eigenvalue weighted by atomic mass is 32.1. The lowest BCUT2D eigenvalue weighted by molar-refractivity contribution is 0.590. The summed E-state index contributed by atoms with van der Waals surface area (Å²) in [5, 5.41) is 0. The number of benzene rings is 1. The summed E-state index contributed by atoms with van der Waals surface area (Å²) in [6.45, 7) is 2.59. The van der Waals surface area contributed by atoms with Crippen LogP contribution >= 0.6 is 12.6 Å². The molecule has 0 spiro atoms. The van der Waals surface area contributed by atoms with E-state index in [1.165, 1.54) is 0 Å². The Kier molecular flexibility index (Phi) is 4.67. The predicted octanol–water partition coefficient (Wildman–Crippen LogP) is 2.84. The summed E-state index contributed by atoms with van der Waals surface area (Å²) in [7, 11) is 5.91. The number of nitrogens with two attached hydrogens (primary N) is 1. The number of allylic oxidation sites excluding steroid dienone is 1. The number of rotatable bonds is 5. The molecule has 6 heteroatoms. The van der Waals surface area contributed by atoms with Crippen LogP contribution in [0.4, 0.5) is 11.7 Å². The van der Waals surface area contributed by atoms with E-state index in [1.54, 1.807) is 0 Å². The van der Waals surface area contributed by atoms with Crippen molar-refractivity contribution >= 4 is 35.4 Å². The lowest BCUT2D eigenvalue weighted by atomic mass is 10.3. The molecule has 0 aliphatic carbocycles. The van der Waals surface area contributed by atoms with Crippen LogP contribution < -0.4 is 15.5 Å². The van der Waals surface area contributed by atoms with Gasteiger partial charge in [0.15, 0.2) is 5.58 Å². The summed E-state index contributed by atoms with van der Waals surface area (Å²) in [5.41, 5.74) is 9.39. The molecule has 0 aliphatic rings. The van der Waals surface area contributed by atoms with E-state index in [9.17, 15) is 0 Å². The van der Waals surface area contributed by atoms with Gasteiger partial charge in [0.25, 0.3) is 6.01 Å². The van der Waals surface area contributed by atoms with E-state index < -0.39 is 0 Å². The number of nitrogens with zero attached hydrogens (tertiary/aromatic N) is 3. The average molecular weight is 306 g/mol. The van der Waals surface area contributed by atoms with E-state index >= 15 is 0 Å². The van der Waals surface area contributed by atoms with Gasteiger partial charge in [-0.1, -0.05) is 6.92 Å². The van der Waals surface area contributed by atoms with E-state index in [-0.39, 0.29) is 0 Å². The second-order valence-corrected chi connectivity index (χ2v) is 5.76. The maximum Gasteiger partial charge on any atom is 0.298 e. The SMILES string of the molecule is CC/C(N)=C(/S)CN(C)c1nc2cc(N(C)C)ccc2o1. The molecular weight excluding hydrogens is 284 g/mol. The fourth-order valence-electron chi connectivity index (χ4n) is 1.94. The van der Waals surface area contributed by atoms with E-state index in [2.05, 4.69) is 17.6 Å². The molecule has 0 saturated heterocycles. The van der Waals surface area contributed by atoms with Gasteiger partial charge in [-0.2, -0.15) is 4.98 Å². The Bertz CT molecular complexity index is 663. The molecule has 0 saturated carbocycles. The topological polar surface area (TPSA) is 58.5 Å². The lowest BCUT2D eigenvalue weighted by Gasteiger charge is -2.15. The monoisotopic (exact) mass is 306 g/mol. The van der Waals surface area contributed by atoms with E-state index in [0.717, 1.165) is 33.8 Å². The molecule has 0 atom stereocenters. The van der Waals surface area contributed by atoms with Gasteiger partial charge in [0, 0.05) is 37.4 Å². The summed E-state index contributed by atoms with van der Waals surface area (Å²) >= 11 is 4.44. The Balaban J connectivity index is 2.26. The van der Waals surface area contributed by atoms with Gasteiger partial charge in [-0.3, -0.25) is 0 Å². The highest BCUT2D eigenvalue weighted by Gasteiger charge is 2.12. The fraction of sp³-hybridized carbons (Fsp3) is 0.400. The molecule has 0 aliphatic heterocycles. The van der Waals surface area contributed by atoms with Crippen LogP contribution in [-0.2, 0) is 0 Å². The summed E-state index contributed by atoms with van der Waals surface area (Å²) in [6, 6.07) is 6.52. The highest BCUT2D eigenvalue weighted by molar-refractivity contribution is 7.84. The van der Waals surface area contributed by atoms with Crippen molar-refractivity contribution in [3.63, 3.8) is 0 Å². The first-order valence-electron chi connectivity index (χ1n) is 6.88. The van der Waals surface area contributed by atoms with Crippen LogP contribution in [0.1, 0.15) is 13.3 Å². The van der Waals surface area contributed by atoms with Gasteiger partial charge in [-0.25, -0.2) is 0 Å². The van der Waals surface area contributed by atoms with Gasteiger partial charge in [-0.15, -0.1) is 12.6 Å². The van der Waals surface area contributed by atoms with Crippen LogP contribution in [0.15, 0.2) is 33.2 Å². The van der Waals surface area contributed by atoms with E-state index in [4.69, 9.17) is 10.2 Å². The molecule has 114 valence electrons. The largest absolute Gasteiger partial charge is 0.423 e. The second-order valence-electron chi connectivity index (χ2n) is 5.22. The number of anilines is 2. The van der Waals surface area contributed by atoms with E-state index in [1.807, 2.05) is 56.1 Å². The van der Waals surface area contributed by atoms with Crippen molar-refractivity contribution in [2.24, 2.45) is 5.73 Å². The van der Waals surface area contributed by atoms with Gasteiger partial charge in [0.05, 0.1) is 6.54 Å². The quantitative estimate of drug-likeness (QED) is 0.832. The van der Waals surface area contributed by atoms with Gasteiger partial charge in [-0.05, 0) is 24.6 Å². The van der Waals surface area contributed by atoms with Crippen molar-refractivity contribution in [1.29, 1.82) is 0 Å². The summed E-state index contributed by atoms with van der Waals surface area (Å²) in [4.78, 5) is 9.31. The molecule has 0 bridgehead atoms. The van der Waals surface area contributed by atoms with Gasteiger partial charge < -0.3 is 20.0 Å². The van der Waals surface area contributed by atoms with Crippen LogP contribution in [0.3, 0.4) is 0 Å². The van der Waals surface area contributed by atoms with Crippen molar-refractivity contribution in [2.45, 2.75) is 13.3 Å². The predicted molar refractivity (Wildman–Crippen MR) is 92.1 cm³/mol. The molecular formula is C15H22N4OS. The third-order valence-corrected chi connectivity index (χ3v) is 3.77. The fourth-order valence-corrected chi connectivity index (χ4v) is 2.31. The molecule has 1 heterocycles. The third kappa shape index (κ3) is 3.44. The Morgan fingerprint density at radius 1 is 1.33 bits per heavy atom. The van der Waals surface area contributed by atoms with Crippen LogP contribution in [-0.4, -0.2) is 32.7 Å². The molecule has 1 aromatic heterocycles. The molecule has 0 unspecified atom stereocenters. The molecule has 0 radical (unpaired) electrons. The lowest BCUT2D eigenvalue weighted by Crippen LogP contribution is -2.20. The number of likely N-dealkylation sites (N-methyl/N-ethyl adjacent to an activating group) is 1. The smallest absolute Gasteiger partial charge is 0.298 e. The second kappa shape index (κ2) is 6.30.